The van der Waals surface area contributed by atoms with Gasteiger partial charge in [-0.3, -0.25) is 9.59 Å². The molecule has 0 bridgehead atoms. The molecule has 1 atom stereocenters. The molecule has 0 spiro atoms. The third-order valence-corrected chi connectivity index (χ3v) is 5.79. The van der Waals surface area contributed by atoms with Crippen LogP contribution in [0.4, 0.5) is 0 Å². The SMILES string of the molecule is COCCN1C(=O)c2oc3ccc(Cl)cc3c(=O)c2C1c1ccc(C(C)(C)C)cc1. The van der Waals surface area contributed by atoms with Crippen molar-refractivity contribution in [2.24, 2.45) is 0 Å². The average Bonchev–Trinajstić information content (AvgIpc) is 2.98. The predicted octanol–water partition coefficient (Wildman–Crippen LogP) is 4.94. The van der Waals surface area contributed by atoms with Gasteiger partial charge in [0.15, 0.2) is 5.43 Å². The van der Waals surface area contributed by atoms with Gasteiger partial charge in [-0.25, -0.2) is 0 Å². The van der Waals surface area contributed by atoms with E-state index >= 15 is 0 Å². The fraction of sp³-hybridized carbons (Fsp3) is 0.333. The zero-order valence-corrected chi connectivity index (χ0v) is 18.2. The molecule has 0 aliphatic carbocycles. The molecule has 2 heterocycles. The maximum absolute atomic E-state index is 13.4. The van der Waals surface area contributed by atoms with Crippen LogP contribution in [-0.4, -0.2) is 31.1 Å². The highest BCUT2D eigenvalue weighted by molar-refractivity contribution is 6.31. The highest BCUT2D eigenvalue weighted by atomic mass is 35.5. The van der Waals surface area contributed by atoms with Gasteiger partial charge in [-0.05, 0) is 34.7 Å². The van der Waals surface area contributed by atoms with E-state index < -0.39 is 6.04 Å². The van der Waals surface area contributed by atoms with Gasteiger partial charge in [-0.2, -0.15) is 0 Å². The molecule has 0 saturated carbocycles. The van der Waals surface area contributed by atoms with Crippen LogP contribution in [0.3, 0.4) is 0 Å². The molecule has 6 heteroatoms. The van der Waals surface area contributed by atoms with E-state index in [0.717, 1.165) is 5.56 Å². The summed E-state index contributed by atoms with van der Waals surface area (Å²) in [6.45, 7) is 7.14. The Morgan fingerprint density at radius 2 is 1.80 bits per heavy atom. The quantitative estimate of drug-likeness (QED) is 0.594. The van der Waals surface area contributed by atoms with Crippen LogP contribution >= 0.6 is 11.6 Å². The van der Waals surface area contributed by atoms with Gasteiger partial charge >= 0.3 is 0 Å². The molecule has 0 saturated heterocycles. The van der Waals surface area contributed by atoms with Gasteiger partial charge in [0.1, 0.15) is 5.58 Å². The van der Waals surface area contributed by atoms with Crippen molar-refractivity contribution < 1.29 is 13.9 Å². The Bertz CT molecular complexity index is 1170. The first-order chi connectivity index (χ1) is 14.2. The molecular formula is C24H24ClNO4. The molecular weight excluding hydrogens is 402 g/mol. The topological polar surface area (TPSA) is 59.8 Å². The Morgan fingerprint density at radius 1 is 1.10 bits per heavy atom. The van der Waals surface area contributed by atoms with Crippen LogP contribution in [0.1, 0.15) is 54.1 Å². The van der Waals surface area contributed by atoms with Crippen LogP contribution in [0.15, 0.2) is 51.7 Å². The molecule has 1 unspecified atom stereocenters. The molecule has 30 heavy (non-hydrogen) atoms. The highest BCUT2D eigenvalue weighted by Gasteiger charge is 2.42. The molecule has 3 aromatic rings. The molecule has 1 aliphatic heterocycles. The van der Waals surface area contributed by atoms with E-state index in [2.05, 4.69) is 20.8 Å². The van der Waals surface area contributed by atoms with Crippen LogP contribution < -0.4 is 5.43 Å². The molecule has 2 aromatic carbocycles. The Kier molecular flexibility index (Phi) is 5.20. The fourth-order valence-electron chi connectivity index (χ4n) is 3.92. The van der Waals surface area contributed by atoms with Crippen molar-refractivity contribution in [1.29, 1.82) is 0 Å². The normalized spacial score (nSPS) is 16.4. The number of amides is 1. The smallest absolute Gasteiger partial charge is 0.290 e. The van der Waals surface area contributed by atoms with Crippen LogP contribution in [0, 0.1) is 0 Å². The maximum Gasteiger partial charge on any atom is 0.290 e. The second-order valence-electron chi connectivity index (χ2n) is 8.58. The van der Waals surface area contributed by atoms with Gasteiger partial charge in [0.25, 0.3) is 5.91 Å². The number of carbonyl (C=O) groups excluding carboxylic acids is 1. The zero-order valence-electron chi connectivity index (χ0n) is 17.5. The minimum absolute atomic E-state index is 0.00362. The first-order valence-electron chi connectivity index (χ1n) is 9.89. The molecule has 156 valence electrons. The Morgan fingerprint density at radius 3 is 2.43 bits per heavy atom. The molecule has 0 N–H and O–H groups in total. The highest BCUT2D eigenvalue weighted by Crippen LogP contribution is 2.38. The zero-order chi connectivity index (χ0) is 21.6. The minimum Gasteiger partial charge on any atom is -0.450 e. The van der Waals surface area contributed by atoms with Crippen molar-refractivity contribution in [3.05, 3.63) is 80.2 Å². The number of hydrogen-bond acceptors (Lipinski definition) is 4. The van der Waals surface area contributed by atoms with E-state index in [-0.39, 0.29) is 22.5 Å². The summed E-state index contributed by atoms with van der Waals surface area (Å²) >= 11 is 6.11. The lowest BCUT2D eigenvalue weighted by molar-refractivity contribution is 0.0663. The largest absolute Gasteiger partial charge is 0.450 e. The first kappa shape index (κ1) is 20.6. The molecule has 0 radical (unpaired) electrons. The monoisotopic (exact) mass is 425 g/mol. The summed E-state index contributed by atoms with van der Waals surface area (Å²) in [5.41, 5.74) is 2.52. The van der Waals surface area contributed by atoms with Gasteiger partial charge in [0.2, 0.25) is 5.76 Å². The number of methoxy groups -OCH3 is 1. The van der Waals surface area contributed by atoms with E-state index in [4.69, 9.17) is 20.8 Å². The second kappa shape index (κ2) is 7.56. The Labute approximate surface area is 180 Å². The van der Waals surface area contributed by atoms with Crippen LogP contribution in [0.25, 0.3) is 11.0 Å². The van der Waals surface area contributed by atoms with Gasteiger partial charge in [-0.1, -0.05) is 56.6 Å². The summed E-state index contributed by atoms with van der Waals surface area (Å²) in [6.07, 6.45) is 0. The van der Waals surface area contributed by atoms with Crippen molar-refractivity contribution in [2.75, 3.05) is 20.3 Å². The number of halogens is 1. The lowest BCUT2D eigenvalue weighted by atomic mass is 9.86. The Balaban J connectivity index is 1.92. The van der Waals surface area contributed by atoms with Crippen LogP contribution in [0.2, 0.25) is 5.02 Å². The van der Waals surface area contributed by atoms with Crippen molar-refractivity contribution in [1.82, 2.24) is 4.90 Å². The van der Waals surface area contributed by atoms with E-state index in [1.807, 2.05) is 24.3 Å². The molecule has 4 rings (SSSR count). The second-order valence-corrected chi connectivity index (χ2v) is 9.02. The van der Waals surface area contributed by atoms with E-state index in [0.29, 0.717) is 34.7 Å². The lowest BCUT2D eigenvalue weighted by Gasteiger charge is -2.26. The van der Waals surface area contributed by atoms with E-state index in [1.165, 1.54) is 5.56 Å². The summed E-state index contributed by atoms with van der Waals surface area (Å²) < 4.78 is 11.1. The summed E-state index contributed by atoms with van der Waals surface area (Å²) in [5.74, 6) is -0.211. The molecule has 1 amide bonds. The number of carbonyl (C=O) groups is 1. The summed E-state index contributed by atoms with van der Waals surface area (Å²) in [5, 5.41) is 0.820. The number of fused-ring (bicyclic) bond motifs is 2. The third-order valence-electron chi connectivity index (χ3n) is 5.56. The van der Waals surface area contributed by atoms with Crippen molar-refractivity contribution in [3.63, 3.8) is 0 Å². The van der Waals surface area contributed by atoms with E-state index in [1.54, 1.807) is 30.2 Å². The number of nitrogens with zero attached hydrogens (tertiary/aromatic N) is 1. The van der Waals surface area contributed by atoms with Crippen molar-refractivity contribution in [3.8, 4) is 0 Å². The number of ether oxygens (including phenoxy) is 1. The first-order valence-corrected chi connectivity index (χ1v) is 10.3. The van der Waals surface area contributed by atoms with Crippen molar-refractivity contribution >= 4 is 28.5 Å². The molecule has 1 aliphatic rings. The number of benzene rings is 2. The van der Waals surface area contributed by atoms with Gasteiger partial charge in [0.05, 0.1) is 23.6 Å². The van der Waals surface area contributed by atoms with Gasteiger partial charge in [0, 0.05) is 18.7 Å². The third kappa shape index (κ3) is 3.42. The van der Waals surface area contributed by atoms with Crippen LogP contribution in [-0.2, 0) is 10.2 Å². The number of hydrogen-bond donors (Lipinski definition) is 0. The summed E-state index contributed by atoms with van der Waals surface area (Å²) in [4.78, 5) is 28.3. The van der Waals surface area contributed by atoms with Gasteiger partial charge in [-0.15, -0.1) is 0 Å². The average molecular weight is 426 g/mol. The summed E-state index contributed by atoms with van der Waals surface area (Å²) in [6, 6.07) is 12.4. The number of rotatable bonds is 4. The molecule has 5 nitrogen and oxygen atoms in total. The van der Waals surface area contributed by atoms with Gasteiger partial charge < -0.3 is 14.1 Å². The molecule has 0 fully saturated rings. The lowest BCUT2D eigenvalue weighted by Crippen LogP contribution is -2.32. The maximum atomic E-state index is 13.4. The van der Waals surface area contributed by atoms with Crippen LogP contribution in [0.5, 0.6) is 0 Å². The fourth-order valence-corrected chi connectivity index (χ4v) is 4.10. The molecule has 1 aromatic heterocycles. The van der Waals surface area contributed by atoms with Crippen molar-refractivity contribution in [2.45, 2.75) is 32.2 Å². The Hall–Kier alpha value is -2.63. The predicted molar refractivity (Wildman–Crippen MR) is 117 cm³/mol. The minimum atomic E-state index is -0.531. The van der Waals surface area contributed by atoms with E-state index in [9.17, 15) is 9.59 Å². The standard InChI is InChI=1S/C24H24ClNO4/c1-24(2,3)15-7-5-14(6-8-15)20-19-21(27)17-13-16(25)9-10-18(17)30-22(19)23(28)26(20)11-12-29-4/h5-10,13,20H,11-12H2,1-4H3. The summed E-state index contributed by atoms with van der Waals surface area (Å²) in [7, 11) is 1.58.